The number of esters is 1. The largest absolute Gasteiger partial charge is 0.508 e. The molecule has 1 aliphatic heterocycles. The van der Waals surface area contributed by atoms with Crippen molar-refractivity contribution in [2.75, 3.05) is 6.61 Å². The SMILES string of the molecule is O=C(C=Cc1ccc(O[C@@H]2O[C@H](CO)[C@@H](O)[C@H](O)[C@H]2O)c(O)c1)O[C@@H](Cc1ccc(O)cc1)C(=O)O. The van der Waals surface area contributed by atoms with Gasteiger partial charge in [-0.1, -0.05) is 18.2 Å². The van der Waals surface area contributed by atoms with Crippen LogP contribution in [0.5, 0.6) is 17.2 Å². The Hall–Kier alpha value is -3.68. The summed E-state index contributed by atoms with van der Waals surface area (Å²) in [4.78, 5) is 23.6. The lowest BCUT2D eigenvalue weighted by molar-refractivity contribution is -0.277. The zero-order chi connectivity index (χ0) is 26.4. The molecular weight excluding hydrogens is 480 g/mol. The maximum atomic E-state index is 12.1. The van der Waals surface area contributed by atoms with Crippen LogP contribution in [0.4, 0.5) is 0 Å². The van der Waals surface area contributed by atoms with E-state index < -0.39 is 61.1 Å². The molecule has 0 unspecified atom stereocenters. The fourth-order valence-corrected chi connectivity index (χ4v) is 3.40. The van der Waals surface area contributed by atoms with Crippen molar-refractivity contribution in [3.63, 3.8) is 0 Å². The highest BCUT2D eigenvalue weighted by Crippen LogP contribution is 2.31. The van der Waals surface area contributed by atoms with Crippen LogP contribution in [0, 0.1) is 0 Å². The number of carboxylic acids is 1. The van der Waals surface area contributed by atoms with Crippen molar-refractivity contribution in [3.05, 3.63) is 59.7 Å². The smallest absolute Gasteiger partial charge is 0.345 e. The summed E-state index contributed by atoms with van der Waals surface area (Å²) in [6, 6.07) is 9.69. The molecule has 2 aromatic carbocycles. The second-order valence-electron chi connectivity index (χ2n) is 8.01. The molecule has 3 rings (SSSR count). The molecule has 6 atom stereocenters. The first-order valence-electron chi connectivity index (χ1n) is 10.8. The van der Waals surface area contributed by atoms with E-state index in [2.05, 4.69) is 0 Å². The molecule has 0 spiro atoms. The summed E-state index contributed by atoms with van der Waals surface area (Å²) in [6.45, 7) is -0.645. The van der Waals surface area contributed by atoms with Gasteiger partial charge in [-0.3, -0.25) is 0 Å². The van der Waals surface area contributed by atoms with E-state index in [0.717, 1.165) is 6.08 Å². The number of aromatic hydroxyl groups is 2. The first-order chi connectivity index (χ1) is 17.1. The van der Waals surface area contributed by atoms with E-state index in [1.165, 1.54) is 48.5 Å². The summed E-state index contributed by atoms with van der Waals surface area (Å²) < 4.78 is 15.6. The van der Waals surface area contributed by atoms with E-state index in [-0.39, 0.29) is 17.9 Å². The van der Waals surface area contributed by atoms with Crippen LogP contribution in [0.1, 0.15) is 11.1 Å². The van der Waals surface area contributed by atoms with Crippen molar-refractivity contribution in [1.82, 2.24) is 0 Å². The lowest BCUT2D eigenvalue weighted by Gasteiger charge is -2.39. The number of carboxylic acid groups (broad SMARTS) is 1. The van der Waals surface area contributed by atoms with Gasteiger partial charge in [-0.2, -0.15) is 0 Å². The third-order valence-electron chi connectivity index (χ3n) is 5.38. The highest BCUT2D eigenvalue weighted by molar-refractivity contribution is 5.89. The minimum Gasteiger partial charge on any atom is -0.508 e. The van der Waals surface area contributed by atoms with E-state index in [4.69, 9.17) is 14.2 Å². The van der Waals surface area contributed by atoms with Gasteiger partial charge in [0, 0.05) is 12.5 Å². The Kier molecular flexibility index (Phi) is 8.85. The van der Waals surface area contributed by atoms with E-state index in [1.54, 1.807) is 0 Å². The minimum atomic E-state index is -1.67. The number of phenols is 2. The number of aliphatic hydroxyl groups excluding tert-OH is 4. The standard InChI is InChI=1S/C24H26O12/c25-11-18-20(29)21(30)22(31)24(36-18)35-16-7-3-12(9-15(16)27)4-8-19(28)34-17(23(32)33)10-13-1-5-14(26)6-2-13/h1-9,17-18,20-22,24-27,29-31H,10-11H2,(H,32,33)/t17-,18+,20+,21-,22+,24+/m0/s1. The molecule has 0 saturated carbocycles. The number of ether oxygens (including phenoxy) is 3. The highest BCUT2D eigenvalue weighted by atomic mass is 16.7. The Labute approximate surface area is 204 Å². The first-order valence-corrected chi connectivity index (χ1v) is 10.8. The zero-order valence-corrected chi connectivity index (χ0v) is 18.7. The molecule has 0 aliphatic carbocycles. The quantitative estimate of drug-likeness (QED) is 0.170. The van der Waals surface area contributed by atoms with Gasteiger partial charge in [0.2, 0.25) is 12.4 Å². The van der Waals surface area contributed by atoms with Crippen molar-refractivity contribution in [2.24, 2.45) is 0 Å². The number of carbonyl (C=O) groups is 2. The number of carbonyl (C=O) groups excluding carboxylic acids is 1. The summed E-state index contributed by atoms with van der Waals surface area (Å²) in [5.41, 5.74) is 0.855. The van der Waals surface area contributed by atoms with E-state index in [0.29, 0.717) is 11.1 Å². The van der Waals surface area contributed by atoms with Gasteiger partial charge in [-0.05, 0) is 41.5 Å². The molecule has 0 amide bonds. The zero-order valence-electron chi connectivity index (χ0n) is 18.7. The number of phenolic OH excluding ortho intramolecular Hbond substituents is 2. The Morgan fingerprint density at radius 3 is 2.31 bits per heavy atom. The highest BCUT2D eigenvalue weighted by Gasteiger charge is 2.44. The van der Waals surface area contributed by atoms with Crippen LogP contribution in [0.2, 0.25) is 0 Å². The number of hydrogen-bond donors (Lipinski definition) is 7. The van der Waals surface area contributed by atoms with Crippen molar-refractivity contribution in [3.8, 4) is 17.2 Å². The molecular formula is C24H26O12. The van der Waals surface area contributed by atoms with Gasteiger partial charge in [-0.25, -0.2) is 9.59 Å². The monoisotopic (exact) mass is 506 g/mol. The molecule has 12 heteroatoms. The lowest BCUT2D eigenvalue weighted by Crippen LogP contribution is -2.60. The van der Waals surface area contributed by atoms with Crippen LogP contribution >= 0.6 is 0 Å². The Morgan fingerprint density at radius 1 is 1.00 bits per heavy atom. The first kappa shape index (κ1) is 26.9. The Morgan fingerprint density at radius 2 is 1.69 bits per heavy atom. The molecule has 12 nitrogen and oxygen atoms in total. The minimum absolute atomic E-state index is 0.0124. The van der Waals surface area contributed by atoms with Gasteiger partial charge >= 0.3 is 11.9 Å². The van der Waals surface area contributed by atoms with Gasteiger partial charge in [-0.15, -0.1) is 0 Å². The summed E-state index contributed by atoms with van der Waals surface area (Å²) in [5.74, 6) is -2.85. The Bertz CT molecular complexity index is 1080. The summed E-state index contributed by atoms with van der Waals surface area (Å²) in [7, 11) is 0. The molecule has 36 heavy (non-hydrogen) atoms. The molecule has 2 aromatic rings. The van der Waals surface area contributed by atoms with E-state index >= 15 is 0 Å². The van der Waals surface area contributed by atoms with E-state index in [9.17, 15) is 45.3 Å². The molecule has 7 N–H and O–H groups in total. The van der Waals surface area contributed by atoms with Crippen LogP contribution in [0.3, 0.4) is 0 Å². The predicted octanol–water partition coefficient (Wildman–Crippen LogP) is -0.471. The normalized spacial score (nSPS) is 24.8. The van der Waals surface area contributed by atoms with Crippen LogP contribution in [-0.4, -0.2) is 91.1 Å². The number of aliphatic hydroxyl groups is 4. The molecule has 0 radical (unpaired) electrons. The van der Waals surface area contributed by atoms with E-state index in [1.807, 2.05) is 0 Å². The van der Waals surface area contributed by atoms with Crippen LogP contribution < -0.4 is 4.74 Å². The lowest BCUT2D eigenvalue weighted by atomic mass is 9.99. The predicted molar refractivity (Wildman–Crippen MR) is 121 cm³/mol. The van der Waals surface area contributed by atoms with Crippen LogP contribution in [0.25, 0.3) is 6.08 Å². The molecule has 0 aromatic heterocycles. The number of benzene rings is 2. The second-order valence-corrected chi connectivity index (χ2v) is 8.01. The maximum absolute atomic E-state index is 12.1. The number of hydrogen-bond acceptors (Lipinski definition) is 11. The number of aliphatic carboxylic acids is 1. The fraction of sp³-hybridized carbons (Fsp3) is 0.333. The summed E-state index contributed by atoms with van der Waals surface area (Å²) in [6.07, 6.45) is -6.90. The molecule has 194 valence electrons. The molecule has 1 heterocycles. The van der Waals surface area contributed by atoms with Gasteiger partial charge in [0.15, 0.2) is 11.5 Å². The molecule has 1 fully saturated rings. The average molecular weight is 506 g/mol. The average Bonchev–Trinajstić information content (AvgIpc) is 2.85. The third-order valence-corrected chi connectivity index (χ3v) is 5.38. The maximum Gasteiger partial charge on any atom is 0.345 e. The molecule has 1 aliphatic rings. The third kappa shape index (κ3) is 6.71. The van der Waals surface area contributed by atoms with Crippen molar-refractivity contribution < 1.29 is 59.5 Å². The second kappa shape index (κ2) is 11.8. The van der Waals surface area contributed by atoms with Gasteiger partial charge in [0.25, 0.3) is 0 Å². The van der Waals surface area contributed by atoms with Gasteiger partial charge in [0.1, 0.15) is 30.2 Å². The summed E-state index contributed by atoms with van der Waals surface area (Å²) >= 11 is 0. The topological polar surface area (TPSA) is 203 Å². The Balaban J connectivity index is 1.62. The van der Waals surface area contributed by atoms with Gasteiger partial charge in [0.05, 0.1) is 6.61 Å². The van der Waals surface area contributed by atoms with Crippen molar-refractivity contribution >= 4 is 18.0 Å². The van der Waals surface area contributed by atoms with Crippen LogP contribution in [-0.2, 0) is 25.5 Å². The summed E-state index contributed by atoms with van der Waals surface area (Å²) in [5, 5.41) is 67.8. The molecule has 1 saturated heterocycles. The molecule has 0 bridgehead atoms. The number of rotatable bonds is 9. The fourth-order valence-electron chi connectivity index (χ4n) is 3.40. The van der Waals surface area contributed by atoms with Crippen LogP contribution in [0.15, 0.2) is 48.5 Å². The van der Waals surface area contributed by atoms with Crippen molar-refractivity contribution in [1.29, 1.82) is 0 Å². The van der Waals surface area contributed by atoms with Crippen molar-refractivity contribution in [2.45, 2.75) is 43.2 Å². The van der Waals surface area contributed by atoms with Gasteiger partial charge < -0.3 is 50.0 Å².